The lowest BCUT2D eigenvalue weighted by Crippen LogP contribution is -2.11. The molecule has 3 heteroatoms. The van der Waals surface area contributed by atoms with Gasteiger partial charge in [-0.05, 0) is 88.1 Å². The largest absolute Gasteiger partial charge is 0.456 e. The number of furan rings is 2. The fourth-order valence-corrected chi connectivity index (χ4v) is 7.33. The van der Waals surface area contributed by atoms with Crippen LogP contribution in [0.25, 0.3) is 76.9 Å². The van der Waals surface area contributed by atoms with Crippen LogP contribution in [0.2, 0.25) is 0 Å². The predicted molar refractivity (Wildman–Crippen MR) is 204 cm³/mol. The molecule has 0 saturated carbocycles. The van der Waals surface area contributed by atoms with E-state index >= 15 is 0 Å². The zero-order valence-electron chi connectivity index (χ0n) is 26.5. The third-order valence-corrected chi connectivity index (χ3v) is 9.66. The molecule has 230 valence electrons. The van der Waals surface area contributed by atoms with Crippen molar-refractivity contribution in [2.24, 2.45) is 0 Å². The minimum absolute atomic E-state index is 0.864. The summed E-state index contributed by atoms with van der Waals surface area (Å²) in [5.74, 6) is 0. The van der Waals surface area contributed by atoms with Crippen LogP contribution in [0, 0.1) is 0 Å². The van der Waals surface area contributed by atoms with Crippen LogP contribution in [0.5, 0.6) is 0 Å². The number of fused-ring (bicyclic) bond motifs is 7. The van der Waals surface area contributed by atoms with E-state index in [2.05, 4.69) is 157 Å². The SMILES string of the molecule is c1ccc(N(c2ccc(-c3ccc4c(c3)oc3ccccc34)cc2)c2cccc3oc4ccccc4c23)c(-c2ccc3ccccc3c2)c1. The normalized spacial score (nSPS) is 11.7. The van der Waals surface area contributed by atoms with Crippen LogP contribution in [0.3, 0.4) is 0 Å². The Kier molecular flexibility index (Phi) is 6.18. The molecule has 0 radical (unpaired) electrons. The lowest BCUT2D eigenvalue weighted by atomic mass is 9.98. The smallest absolute Gasteiger partial charge is 0.137 e. The van der Waals surface area contributed by atoms with Crippen LogP contribution >= 0.6 is 0 Å². The number of rotatable bonds is 5. The highest BCUT2D eigenvalue weighted by molar-refractivity contribution is 6.14. The molecule has 0 N–H and O–H groups in total. The van der Waals surface area contributed by atoms with E-state index < -0.39 is 0 Å². The summed E-state index contributed by atoms with van der Waals surface area (Å²) in [4.78, 5) is 2.38. The second-order valence-electron chi connectivity index (χ2n) is 12.5. The summed E-state index contributed by atoms with van der Waals surface area (Å²) >= 11 is 0. The first-order valence-electron chi connectivity index (χ1n) is 16.6. The second kappa shape index (κ2) is 11.0. The highest BCUT2D eigenvalue weighted by Crippen LogP contribution is 2.46. The molecule has 2 heterocycles. The summed E-state index contributed by atoms with van der Waals surface area (Å²) in [7, 11) is 0. The molecule has 0 aliphatic rings. The van der Waals surface area contributed by atoms with E-state index in [9.17, 15) is 0 Å². The van der Waals surface area contributed by atoms with E-state index in [4.69, 9.17) is 8.83 Å². The molecule has 10 rings (SSSR count). The molecule has 8 aromatic carbocycles. The summed E-state index contributed by atoms with van der Waals surface area (Å²) in [6, 6.07) is 62.1. The van der Waals surface area contributed by atoms with E-state index in [0.717, 1.165) is 77.6 Å². The first-order valence-corrected chi connectivity index (χ1v) is 16.6. The maximum Gasteiger partial charge on any atom is 0.137 e. The van der Waals surface area contributed by atoms with Crippen LogP contribution in [0.1, 0.15) is 0 Å². The zero-order chi connectivity index (χ0) is 32.3. The quantitative estimate of drug-likeness (QED) is 0.190. The molecule has 0 aliphatic carbocycles. The van der Waals surface area contributed by atoms with Crippen molar-refractivity contribution in [3.8, 4) is 22.3 Å². The van der Waals surface area contributed by atoms with Gasteiger partial charge in [-0.2, -0.15) is 0 Å². The van der Waals surface area contributed by atoms with Crippen LogP contribution in [-0.2, 0) is 0 Å². The highest BCUT2D eigenvalue weighted by Gasteiger charge is 2.22. The number of para-hydroxylation sites is 3. The molecule has 0 bridgehead atoms. The zero-order valence-corrected chi connectivity index (χ0v) is 26.5. The molecule has 0 saturated heterocycles. The third-order valence-electron chi connectivity index (χ3n) is 9.66. The minimum Gasteiger partial charge on any atom is -0.456 e. The van der Waals surface area contributed by atoms with Gasteiger partial charge in [-0.1, -0.05) is 115 Å². The van der Waals surface area contributed by atoms with Crippen molar-refractivity contribution >= 4 is 71.7 Å². The molecule has 0 fully saturated rings. The van der Waals surface area contributed by atoms with Gasteiger partial charge in [-0.25, -0.2) is 0 Å². The first kappa shape index (κ1) is 27.5. The Morgan fingerprint density at radius 1 is 0.347 bits per heavy atom. The predicted octanol–water partition coefficient (Wildman–Crippen LogP) is 13.4. The van der Waals surface area contributed by atoms with Crippen LogP contribution in [0.15, 0.2) is 185 Å². The monoisotopic (exact) mass is 627 g/mol. The fourth-order valence-electron chi connectivity index (χ4n) is 7.33. The summed E-state index contributed by atoms with van der Waals surface area (Å²) < 4.78 is 12.6. The Morgan fingerprint density at radius 3 is 1.84 bits per heavy atom. The molecule has 0 atom stereocenters. The van der Waals surface area contributed by atoms with Crippen molar-refractivity contribution in [3.05, 3.63) is 176 Å². The van der Waals surface area contributed by atoms with Crippen LogP contribution < -0.4 is 4.90 Å². The van der Waals surface area contributed by atoms with Crippen molar-refractivity contribution < 1.29 is 8.83 Å². The van der Waals surface area contributed by atoms with Gasteiger partial charge in [0.05, 0.1) is 16.8 Å². The molecule has 2 aromatic heterocycles. The van der Waals surface area contributed by atoms with Crippen molar-refractivity contribution in [2.45, 2.75) is 0 Å². The Morgan fingerprint density at radius 2 is 0.959 bits per heavy atom. The van der Waals surface area contributed by atoms with E-state index in [1.807, 2.05) is 24.3 Å². The molecule has 0 amide bonds. The standard InChI is InChI=1S/C46H29NO2/c1-2-11-32-28-34(21-20-30(32)10-1)36-12-3-6-15-40(36)47(41-16-9-19-44-46(41)39-14-5-8-18-43(39)48-44)35-25-22-31(23-26-35)33-24-27-38-37-13-4-7-17-42(37)49-45(38)29-33/h1-29H. The van der Waals surface area contributed by atoms with E-state index in [1.165, 1.54) is 16.3 Å². The Bertz CT molecular complexity index is 2840. The summed E-state index contributed by atoms with van der Waals surface area (Å²) in [5.41, 5.74) is 11.3. The maximum atomic E-state index is 6.38. The fraction of sp³-hybridized carbons (Fsp3) is 0. The molecular formula is C46H29NO2. The van der Waals surface area contributed by atoms with Crippen molar-refractivity contribution in [3.63, 3.8) is 0 Å². The van der Waals surface area contributed by atoms with Gasteiger partial charge in [0.15, 0.2) is 0 Å². The number of nitrogens with zero attached hydrogens (tertiary/aromatic N) is 1. The number of hydrogen-bond donors (Lipinski definition) is 0. The maximum absolute atomic E-state index is 6.38. The molecule has 10 aromatic rings. The minimum atomic E-state index is 0.864. The lowest BCUT2D eigenvalue weighted by Gasteiger charge is -2.28. The van der Waals surface area contributed by atoms with Crippen molar-refractivity contribution in [1.82, 2.24) is 0 Å². The Hall–Kier alpha value is -6.58. The van der Waals surface area contributed by atoms with Gasteiger partial charge in [-0.3, -0.25) is 0 Å². The summed E-state index contributed by atoms with van der Waals surface area (Å²) in [6.07, 6.45) is 0. The summed E-state index contributed by atoms with van der Waals surface area (Å²) in [5, 5.41) is 6.90. The lowest BCUT2D eigenvalue weighted by molar-refractivity contribution is 0.668. The van der Waals surface area contributed by atoms with Gasteiger partial charge >= 0.3 is 0 Å². The van der Waals surface area contributed by atoms with Gasteiger partial charge in [-0.15, -0.1) is 0 Å². The molecule has 0 spiro atoms. The average molecular weight is 628 g/mol. The van der Waals surface area contributed by atoms with Crippen molar-refractivity contribution in [1.29, 1.82) is 0 Å². The number of hydrogen-bond acceptors (Lipinski definition) is 3. The van der Waals surface area contributed by atoms with E-state index in [1.54, 1.807) is 0 Å². The van der Waals surface area contributed by atoms with Crippen LogP contribution in [-0.4, -0.2) is 0 Å². The molecule has 3 nitrogen and oxygen atoms in total. The molecular weight excluding hydrogens is 599 g/mol. The van der Waals surface area contributed by atoms with Crippen LogP contribution in [0.4, 0.5) is 17.1 Å². The first-order chi connectivity index (χ1) is 24.3. The van der Waals surface area contributed by atoms with Gasteiger partial charge in [0.2, 0.25) is 0 Å². The molecule has 0 unspecified atom stereocenters. The van der Waals surface area contributed by atoms with E-state index in [0.29, 0.717) is 0 Å². The Labute approximate surface area is 282 Å². The Balaban J connectivity index is 1.16. The second-order valence-corrected chi connectivity index (χ2v) is 12.5. The third kappa shape index (κ3) is 4.51. The number of benzene rings is 8. The number of anilines is 3. The average Bonchev–Trinajstić information content (AvgIpc) is 3.74. The topological polar surface area (TPSA) is 29.5 Å². The summed E-state index contributed by atoms with van der Waals surface area (Å²) in [6.45, 7) is 0. The van der Waals surface area contributed by atoms with Gasteiger partial charge in [0.25, 0.3) is 0 Å². The van der Waals surface area contributed by atoms with Crippen molar-refractivity contribution in [2.75, 3.05) is 4.90 Å². The van der Waals surface area contributed by atoms with E-state index in [-0.39, 0.29) is 0 Å². The van der Waals surface area contributed by atoms with Gasteiger partial charge in [0.1, 0.15) is 22.3 Å². The molecule has 49 heavy (non-hydrogen) atoms. The highest BCUT2D eigenvalue weighted by atomic mass is 16.3. The van der Waals surface area contributed by atoms with Gasteiger partial charge < -0.3 is 13.7 Å². The molecule has 0 aliphatic heterocycles. The van der Waals surface area contributed by atoms with Gasteiger partial charge in [0, 0.05) is 27.4 Å².